The van der Waals surface area contributed by atoms with Crippen molar-refractivity contribution < 1.29 is 14.3 Å². The minimum absolute atomic E-state index is 0.00121. The fraction of sp³-hybridized carbons (Fsp3) is 0.385. The maximum absolute atomic E-state index is 11.6. The molecular weight excluding hydrogens is 284 g/mol. The third-order valence-electron chi connectivity index (χ3n) is 2.12. The van der Waals surface area contributed by atoms with Gasteiger partial charge in [-0.25, -0.2) is 0 Å². The summed E-state index contributed by atoms with van der Waals surface area (Å²) in [5, 5.41) is 0.286. The molecule has 0 spiro atoms. The van der Waals surface area contributed by atoms with Crippen molar-refractivity contribution in [1.29, 1.82) is 0 Å². The van der Waals surface area contributed by atoms with Crippen LogP contribution < -0.4 is 4.74 Å². The van der Waals surface area contributed by atoms with E-state index in [0.717, 1.165) is 0 Å². The molecule has 0 saturated carbocycles. The van der Waals surface area contributed by atoms with Crippen molar-refractivity contribution in [2.45, 2.75) is 20.8 Å². The van der Waals surface area contributed by atoms with Gasteiger partial charge in [0.1, 0.15) is 5.75 Å². The molecule has 0 atom stereocenters. The van der Waals surface area contributed by atoms with E-state index in [-0.39, 0.29) is 17.1 Å². The molecule has 0 amide bonds. The fourth-order valence-electron chi connectivity index (χ4n) is 1.05. The fourth-order valence-corrected chi connectivity index (χ4v) is 1.37. The molecule has 0 saturated heterocycles. The Morgan fingerprint density at radius 1 is 1.18 bits per heavy atom. The molecule has 1 aromatic carbocycles. The van der Waals surface area contributed by atoms with Gasteiger partial charge in [0.05, 0.1) is 10.7 Å². The van der Waals surface area contributed by atoms with Gasteiger partial charge in [-0.15, -0.1) is 0 Å². The Kier molecular flexibility index (Phi) is 4.46. The quantitative estimate of drug-likeness (QED) is 0.372. The molecule has 0 bridgehead atoms. The van der Waals surface area contributed by atoms with Crippen molar-refractivity contribution in [3.05, 3.63) is 29.8 Å². The normalized spacial score (nSPS) is 11.1. The average Bonchev–Trinajstić information content (AvgIpc) is 2.27. The van der Waals surface area contributed by atoms with Gasteiger partial charge in [0.25, 0.3) is 0 Å². The van der Waals surface area contributed by atoms with Crippen LogP contribution in [-0.4, -0.2) is 17.1 Å². The molecule has 0 aromatic heterocycles. The number of hydrogen-bond acceptors (Lipinski definition) is 3. The third kappa shape index (κ3) is 3.97. The van der Waals surface area contributed by atoms with E-state index in [1.54, 1.807) is 45.0 Å². The molecule has 0 heterocycles. The molecule has 0 N–H and O–H groups in total. The topological polar surface area (TPSA) is 43.4 Å². The maximum Gasteiger partial charge on any atom is 0.316 e. The number of benzene rings is 1. The molecule has 0 aliphatic rings. The highest BCUT2D eigenvalue weighted by Gasteiger charge is 2.23. The Balaban J connectivity index is 2.76. The second-order valence-corrected chi connectivity index (χ2v) is 5.28. The first-order chi connectivity index (χ1) is 7.84. The van der Waals surface area contributed by atoms with Crippen LogP contribution in [0.2, 0.25) is 0 Å². The van der Waals surface area contributed by atoms with Gasteiger partial charge in [-0.2, -0.15) is 0 Å². The Hall–Kier alpha value is -1.16. The number of Topliss-reactive ketones (excluding diaryl/α,β-unsaturated/α-hetero) is 1. The summed E-state index contributed by atoms with van der Waals surface area (Å²) in [7, 11) is 0. The molecule has 0 aliphatic heterocycles. The van der Waals surface area contributed by atoms with Gasteiger partial charge >= 0.3 is 5.97 Å². The summed E-state index contributed by atoms with van der Waals surface area (Å²) in [5.74, 6) is 0.159. The van der Waals surface area contributed by atoms with E-state index >= 15 is 0 Å². The van der Waals surface area contributed by atoms with Crippen LogP contribution in [0, 0.1) is 5.41 Å². The summed E-state index contributed by atoms with van der Waals surface area (Å²) in [6.45, 7) is 5.37. The van der Waals surface area contributed by atoms with E-state index in [1.807, 2.05) is 0 Å². The number of carbonyl (C=O) groups excluding carboxylic acids is 2. The van der Waals surface area contributed by atoms with Gasteiger partial charge in [0.15, 0.2) is 5.78 Å². The Morgan fingerprint density at radius 2 is 1.71 bits per heavy atom. The molecule has 0 fully saturated rings. The van der Waals surface area contributed by atoms with E-state index in [0.29, 0.717) is 11.3 Å². The van der Waals surface area contributed by atoms with Crippen molar-refractivity contribution in [1.82, 2.24) is 0 Å². The third-order valence-corrected chi connectivity index (χ3v) is 2.63. The molecule has 4 heteroatoms. The molecule has 1 rings (SSSR count). The number of esters is 1. The molecule has 92 valence electrons. The number of halogens is 1. The SMILES string of the molecule is CC(C)(C)C(=O)Oc1ccc(C(=O)CBr)cc1. The Morgan fingerprint density at radius 3 is 2.12 bits per heavy atom. The lowest BCUT2D eigenvalue weighted by atomic mass is 9.97. The van der Waals surface area contributed by atoms with Crippen LogP contribution in [0.1, 0.15) is 31.1 Å². The minimum Gasteiger partial charge on any atom is -0.426 e. The summed E-state index contributed by atoms with van der Waals surface area (Å²) >= 11 is 3.10. The van der Waals surface area contributed by atoms with Crippen LogP contribution in [0.3, 0.4) is 0 Å². The van der Waals surface area contributed by atoms with Crippen molar-refractivity contribution in [3.8, 4) is 5.75 Å². The zero-order chi connectivity index (χ0) is 13.1. The summed E-state index contributed by atoms with van der Waals surface area (Å²) in [6, 6.07) is 6.54. The molecule has 17 heavy (non-hydrogen) atoms. The number of carbonyl (C=O) groups is 2. The number of ether oxygens (including phenoxy) is 1. The molecule has 0 aliphatic carbocycles. The van der Waals surface area contributed by atoms with E-state index in [4.69, 9.17) is 4.74 Å². The van der Waals surface area contributed by atoms with Gasteiger partial charge in [-0.1, -0.05) is 15.9 Å². The molecule has 0 radical (unpaired) electrons. The van der Waals surface area contributed by atoms with Crippen LogP contribution >= 0.6 is 15.9 Å². The largest absolute Gasteiger partial charge is 0.426 e. The Bertz CT molecular complexity index is 415. The highest BCUT2D eigenvalue weighted by Crippen LogP contribution is 2.19. The number of rotatable bonds is 3. The standard InChI is InChI=1S/C13H15BrO3/c1-13(2,3)12(16)17-10-6-4-9(5-7-10)11(15)8-14/h4-7H,8H2,1-3H3. The zero-order valence-corrected chi connectivity index (χ0v) is 11.7. The van der Waals surface area contributed by atoms with Crippen LogP contribution in [0.4, 0.5) is 0 Å². The summed E-state index contributed by atoms with van der Waals surface area (Å²) in [5.41, 5.74) is 0.0575. The molecule has 0 unspecified atom stereocenters. The first-order valence-electron chi connectivity index (χ1n) is 5.26. The summed E-state index contributed by atoms with van der Waals surface area (Å²) in [6.07, 6.45) is 0. The highest BCUT2D eigenvalue weighted by molar-refractivity contribution is 9.09. The van der Waals surface area contributed by atoms with E-state index < -0.39 is 5.41 Å². The molecular formula is C13H15BrO3. The second-order valence-electron chi connectivity index (χ2n) is 4.72. The van der Waals surface area contributed by atoms with Crippen molar-refractivity contribution in [2.75, 3.05) is 5.33 Å². The lowest BCUT2D eigenvalue weighted by Gasteiger charge is -2.16. The number of ketones is 1. The van der Waals surface area contributed by atoms with Gasteiger partial charge in [-0.05, 0) is 45.0 Å². The number of alkyl halides is 1. The lowest BCUT2D eigenvalue weighted by molar-refractivity contribution is -0.142. The van der Waals surface area contributed by atoms with Crippen LogP contribution in [-0.2, 0) is 4.79 Å². The smallest absolute Gasteiger partial charge is 0.316 e. The lowest BCUT2D eigenvalue weighted by Crippen LogP contribution is -2.25. The molecule has 3 nitrogen and oxygen atoms in total. The van der Waals surface area contributed by atoms with Gasteiger partial charge < -0.3 is 4.74 Å². The second kappa shape index (κ2) is 5.45. The predicted molar refractivity (Wildman–Crippen MR) is 69.7 cm³/mol. The van der Waals surface area contributed by atoms with Gasteiger partial charge in [0, 0.05) is 5.56 Å². The Labute approximate surface area is 109 Å². The van der Waals surface area contributed by atoms with E-state index in [1.165, 1.54) is 0 Å². The van der Waals surface area contributed by atoms with Crippen molar-refractivity contribution in [3.63, 3.8) is 0 Å². The first-order valence-corrected chi connectivity index (χ1v) is 6.38. The number of hydrogen-bond donors (Lipinski definition) is 0. The van der Waals surface area contributed by atoms with Gasteiger partial charge in [0.2, 0.25) is 0 Å². The van der Waals surface area contributed by atoms with Crippen LogP contribution in [0.15, 0.2) is 24.3 Å². The van der Waals surface area contributed by atoms with Gasteiger partial charge in [-0.3, -0.25) is 9.59 Å². The monoisotopic (exact) mass is 298 g/mol. The van der Waals surface area contributed by atoms with E-state index in [2.05, 4.69) is 15.9 Å². The first kappa shape index (κ1) is 13.9. The van der Waals surface area contributed by atoms with Crippen molar-refractivity contribution in [2.24, 2.45) is 5.41 Å². The molecule has 1 aromatic rings. The van der Waals surface area contributed by atoms with Crippen LogP contribution in [0.5, 0.6) is 5.75 Å². The predicted octanol–water partition coefficient (Wildman–Crippen LogP) is 3.22. The van der Waals surface area contributed by atoms with Crippen molar-refractivity contribution >= 4 is 27.7 Å². The minimum atomic E-state index is -0.537. The average molecular weight is 299 g/mol. The van der Waals surface area contributed by atoms with E-state index in [9.17, 15) is 9.59 Å². The maximum atomic E-state index is 11.6. The zero-order valence-electron chi connectivity index (χ0n) is 10.1. The summed E-state index contributed by atoms with van der Waals surface area (Å²) < 4.78 is 5.19. The summed E-state index contributed by atoms with van der Waals surface area (Å²) in [4.78, 5) is 23.0. The highest BCUT2D eigenvalue weighted by atomic mass is 79.9. The van der Waals surface area contributed by atoms with Crippen LogP contribution in [0.25, 0.3) is 0 Å².